The second-order valence-corrected chi connectivity index (χ2v) is 10.4. The molecule has 9 aromatic rings. The number of rotatable bonds is 2. The Morgan fingerprint density at radius 3 is 2.09 bits per heavy atom. The van der Waals surface area contributed by atoms with Crippen molar-refractivity contribution in [3.8, 4) is 22.5 Å². The second-order valence-electron chi connectivity index (χ2n) is 10.4. The van der Waals surface area contributed by atoms with E-state index in [1.165, 1.54) is 26.9 Å². The van der Waals surface area contributed by atoms with E-state index in [4.69, 9.17) is 9.40 Å². The zero-order chi connectivity index (χ0) is 28.6. The van der Waals surface area contributed by atoms with Gasteiger partial charge in [-0.1, -0.05) is 90.3 Å². The van der Waals surface area contributed by atoms with Crippen LogP contribution in [0.3, 0.4) is 0 Å². The quantitative estimate of drug-likeness (QED) is 0.131. The van der Waals surface area contributed by atoms with Gasteiger partial charge in [0.05, 0.1) is 5.58 Å². The molecule has 0 amide bonds. The smallest absolute Gasteiger partial charge is 0.123 e. The summed E-state index contributed by atoms with van der Waals surface area (Å²) in [5.41, 5.74) is 5.63. The van der Waals surface area contributed by atoms with Gasteiger partial charge in [0.15, 0.2) is 0 Å². The molecule has 0 unspecified atom stereocenters. The Labute approximate surface area is 268 Å². The molecular formula is C40H24IrN2O-2. The van der Waals surface area contributed by atoms with E-state index in [0.29, 0.717) is 0 Å². The molecule has 44 heavy (non-hydrogen) atoms. The van der Waals surface area contributed by atoms with Crippen LogP contribution in [0.2, 0.25) is 0 Å². The van der Waals surface area contributed by atoms with E-state index in [0.717, 1.165) is 49.8 Å². The van der Waals surface area contributed by atoms with Gasteiger partial charge in [-0.25, -0.2) is 0 Å². The van der Waals surface area contributed by atoms with Crippen LogP contribution in [0, 0.1) is 12.1 Å². The van der Waals surface area contributed by atoms with Crippen molar-refractivity contribution in [3.05, 3.63) is 158 Å². The van der Waals surface area contributed by atoms with Crippen LogP contribution < -0.4 is 0 Å². The van der Waals surface area contributed by atoms with Crippen molar-refractivity contribution in [1.82, 2.24) is 9.97 Å². The summed E-state index contributed by atoms with van der Waals surface area (Å²) in [5.74, 6) is 0. The Kier molecular flexibility index (Phi) is 7.45. The van der Waals surface area contributed by atoms with Gasteiger partial charge in [-0.3, -0.25) is 0 Å². The maximum absolute atomic E-state index is 6.10. The standard InChI is InChI=1S/C29H16NO.C11H8N.Ir/c1-2-6-20-18(5-1)9-11-22-21(20)13-14-26-23(22)15-16-30-29(26)19-10-12-25-24-7-3-4-8-27(24)31-28(25)17-19;1-2-6-10(7-3-1)11-8-4-5-9-12-11;/h1-9,11-17H;1-6,8-9H;/q2*-1;. The summed E-state index contributed by atoms with van der Waals surface area (Å²) in [4.78, 5) is 8.95. The fourth-order valence-corrected chi connectivity index (χ4v) is 5.84. The van der Waals surface area contributed by atoms with Crippen LogP contribution in [0.5, 0.6) is 0 Å². The van der Waals surface area contributed by atoms with E-state index in [-0.39, 0.29) is 20.1 Å². The molecule has 0 saturated heterocycles. The number of fused-ring (bicyclic) bond motifs is 8. The fourth-order valence-electron chi connectivity index (χ4n) is 5.84. The fraction of sp³-hybridized carbons (Fsp3) is 0. The Bertz CT molecular complexity index is 2360. The molecule has 0 N–H and O–H groups in total. The minimum Gasteiger partial charge on any atom is -0.476 e. The molecule has 3 heterocycles. The first-order chi connectivity index (χ1) is 21.3. The summed E-state index contributed by atoms with van der Waals surface area (Å²) in [6.07, 6.45) is 3.68. The molecule has 211 valence electrons. The van der Waals surface area contributed by atoms with Gasteiger partial charge in [-0.05, 0) is 67.3 Å². The van der Waals surface area contributed by atoms with Gasteiger partial charge in [-0.2, -0.15) is 0 Å². The molecular weight excluding hydrogens is 717 g/mol. The number of hydrogen-bond acceptors (Lipinski definition) is 3. The minimum atomic E-state index is 0. The van der Waals surface area contributed by atoms with Gasteiger partial charge in [0.1, 0.15) is 5.58 Å². The third-order valence-electron chi connectivity index (χ3n) is 7.88. The SMILES string of the molecule is [Ir].[c-]1cc2c(cc1-c1nccc3c1ccc1c4ccccc4ccc31)oc1ccccc12.[c-]1ccccc1-c1ccccn1. The van der Waals surface area contributed by atoms with Crippen LogP contribution >= 0.6 is 0 Å². The van der Waals surface area contributed by atoms with Crippen LogP contribution in [0.25, 0.3) is 76.8 Å². The largest absolute Gasteiger partial charge is 0.476 e. The maximum atomic E-state index is 6.10. The average Bonchev–Trinajstić information content (AvgIpc) is 3.47. The van der Waals surface area contributed by atoms with Gasteiger partial charge in [0.2, 0.25) is 0 Å². The van der Waals surface area contributed by atoms with Crippen LogP contribution in [-0.4, -0.2) is 9.97 Å². The van der Waals surface area contributed by atoms with Gasteiger partial charge in [-0.15, -0.1) is 53.6 Å². The molecule has 3 nitrogen and oxygen atoms in total. The Balaban J connectivity index is 0.000000203. The Hall–Kier alpha value is -5.15. The molecule has 0 saturated carbocycles. The molecule has 9 rings (SSSR count). The minimum absolute atomic E-state index is 0. The van der Waals surface area contributed by atoms with E-state index in [2.05, 4.69) is 83.8 Å². The number of nitrogens with zero attached hydrogens (tertiary/aromatic N) is 2. The van der Waals surface area contributed by atoms with Crippen LogP contribution in [0.1, 0.15) is 0 Å². The van der Waals surface area contributed by atoms with E-state index in [1.807, 2.05) is 72.9 Å². The van der Waals surface area contributed by atoms with Gasteiger partial charge in [0.25, 0.3) is 0 Å². The van der Waals surface area contributed by atoms with Crippen LogP contribution in [-0.2, 0) is 20.1 Å². The number of hydrogen-bond donors (Lipinski definition) is 0. The van der Waals surface area contributed by atoms with Crippen molar-refractivity contribution < 1.29 is 24.5 Å². The third-order valence-corrected chi connectivity index (χ3v) is 7.88. The average molecular weight is 741 g/mol. The molecule has 0 atom stereocenters. The predicted molar refractivity (Wildman–Crippen MR) is 177 cm³/mol. The number of benzene rings is 6. The molecule has 0 aliphatic rings. The molecule has 0 aliphatic heterocycles. The zero-order valence-electron chi connectivity index (χ0n) is 23.5. The van der Waals surface area contributed by atoms with Crippen molar-refractivity contribution in [2.45, 2.75) is 0 Å². The summed E-state index contributed by atoms with van der Waals surface area (Å²) in [5, 5.41) is 9.55. The van der Waals surface area contributed by atoms with Crippen LogP contribution in [0.4, 0.5) is 0 Å². The van der Waals surface area contributed by atoms with Crippen molar-refractivity contribution >= 4 is 54.3 Å². The molecule has 0 aliphatic carbocycles. The third kappa shape index (κ3) is 4.95. The first kappa shape index (κ1) is 27.7. The van der Waals surface area contributed by atoms with E-state index in [9.17, 15) is 0 Å². The molecule has 3 aromatic heterocycles. The second kappa shape index (κ2) is 11.9. The zero-order valence-corrected chi connectivity index (χ0v) is 25.9. The normalized spacial score (nSPS) is 11.0. The molecule has 0 bridgehead atoms. The summed E-state index contributed by atoms with van der Waals surface area (Å²) in [6, 6.07) is 51.9. The summed E-state index contributed by atoms with van der Waals surface area (Å²) < 4.78 is 6.10. The summed E-state index contributed by atoms with van der Waals surface area (Å²) in [6.45, 7) is 0. The Morgan fingerprint density at radius 2 is 1.23 bits per heavy atom. The van der Waals surface area contributed by atoms with E-state index >= 15 is 0 Å². The molecule has 1 radical (unpaired) electrons. The van der Waals surface area contributed by atoms with Crippen molar-refractivity contribution in [3.63, 3.8) is 0 Å². The van der Waals surface area contributed by atoms with Gasteiger partial charge >= 0.3 is 0 Å². The summed E-state index contributed by atoms with van der Waals surface area (Å²) >= 11 is 0. The molecule has 6 aromatic carbocycles. The van der Waals surface area contributed by atoms with E-state index < -0.39 is 0 Å². The number of aromatic nitrogens is 2. The topological polar surface area (TPSA) is 38.9 Å². The van der Waals surface area contributed by atoms with Crippen molar-refractivity contribution in [2.75, 3.05) is 0 Å². The van der Waals surface area contributed by atoms with Crippen LogP contribution in [0.15, 0.2) is 150 Å². The van der Waals surface area contributed by atoms with Gasteiger partial charge < -0.3 is 14.4 Å². The first-order valence-corrected chi connectivity index (χ1v) is 14.2. The molecule has 0 spiro atoms. The number of para-hydroxylation sites is 1. The van der Waals surface area contributed by atoms with Gasteiger partial charge in [0, 0.05) is 32.5 Å². The van der Waals surface area contributed by atoms with Crippen molar-refractivity contribution in [1.29, 1.82) is 0 Å². The predicted octanol–water partition coefficient (Wildman–Crippen LogP) is 10.5. The van der Waals surface area contributed by atoms with E-state index in [1.54, 1.807) is 6.20 Å². The number of pyridine rings is 2. The maximum Gasteiger partial charge on any atom is 0.123 e. The monoisotopic (exact) mass is 741 g/mol. The van der Waals surface area contributed by atoms with Crippen molar-refractivity contribution in [2.24, 2.45) is 0 Å². The Morgan fingerprint density at radius 1 is 0.477 bits per heavy atom. The molecule has 4 heteroatoms. The summed E-state index contributed by atoms with van der Waals surface area (Å²) in [7, 11) is 0. The molecule has 0 fully saturated rings. The first-order valence-electron chi connectivity index (χ1n) is 14.2. The number of furan rings is 1.